The van der Waals surface area contributed by atoms with Crippen molar-refractivity contribution in [3.63, 3.8) is 0 Å². The molecule has 1 aromatic carbocycles. The van der Waals surface area contributed by atoms with E-state index in [-0.39, 0.29) is 11.7 Å². The van der Waals surface area contributed by atoms with Gasteiger partial charge in [0.05, 0.1) is 20.3 Å². The second kappa shape index (κ2) is 4.96. The maximum Gasteiger partial charge on any atom is 0.366 e. The second-order valence-electron chi connectivity index (χ2n) is 4.35. The smallest absolute Gasteiger partial charge is 0.366 e. The van der Waals surface area contributed by atoms with Crippen LogP contribution in [0.1, 0.15) is 18.4 Å². The molecule has 0 unspecified atom stereocenters. The summed E-state index contributed by atoms with van der Waals surface area (Å²) >= 11 is 0. The molecule has 0 bridgehead atoms. The van der Waals surface area contributed by atoms with Gasteiger partial charge in [-0.15, -0.1) is 0 Å². The zero-order valence-electron chi connectivity index (χ0n) is 10.4. The molecule has 18 heavy (non-hydrogen) atoms. The van der Waals surface area contributed by atoms with Crippen molar-refractivity contribution >= 4 is 5.97 Å². The van der Waals surface area contributed by atoms with Crippen LogP contribution in [0.3, 0.4) is 0 Å². The molecule has 0 amide bonds. The molecule has 1 aromatic rings. The SMILES string of the molecule is COC(=O)[C@]1(C)OC[C@H](c2ccc(O)cc2)CO1. The van der Waals surface area contributed by atoms with E-state index in [9.17, 15) is 9.90 Å². The number of benzene rings is 1. The fourth-order valence-corrected chi connectivity index (χ4v) is 1.85. The molecule has 1 saturated heterocycles. The number of hydrogen-bond donors (Lipinski definition) is 1. The van der Waals surface area contributed by atoms with Crippen molar-refractivity contribution in [3.05, 3.63) is 29.8 Å². The van der Waals surface area contributed by atoms with Gasteiger partial charge in [0, 0.05) is 12.8 Å². The Hall–Kier alpha value is -1.59. The van der Waals surface area contributed by atoms with E-state index >= 15 is 0 Å². The summed E-state index contributed by atoms with van der Waals surface area (Å²) in [6, 6.07) is 6.86. The van der Waals surface area contributed by atoms with Crippen LogP contribution in [-0.2, 0) is 19.0 Å². The normalized spacial score (nSPS) is 27.8. The van der Waals surface area contributed by atoms with Crippen LogP contribution < -0.4 is 0 Å². The third-order valence-corrected chi connectivity index (χ3v) is 3.04. The molecule has 1 heterocycles. The number of aromatic hydroxyl groups is 1. The Bertz CT molecular complexity index is 418. The lowest BCUT2D eigenvalue weighted by Crippen LogP contribution is -2.47. The predicted molar refractivity (Wildman–Crippen MR) is 63.2 cm³/mol. The van der Waals surface area contributed by atoms with Crippen molar-refractivity contribution in [2.24, 2.45) is 0 Å². The standard InChI is InChI=1S/C13H16O5/c1-13(12(15)16-2)17-7-10(8-18-13)9-3-5-11(14)6-4-9/h3-6,10,14H,7-8H2,1-2H3/t10-,13+. The van der Waals surface area contributed by atoms with Gasteiger partial charge in [-0.3, -0.25) is 0 Å². The number of phenols is 1. The van der Waals surface area contributed by atoms with Crippen molar-refractivity contribution in [2.75, 3.05) is 20.3 Å². The summed E-state index contributed by atoms with van der Waals surface area (Å²) in [4.78, 5) is 11.5. The average Bonchev–Trinajstić information content (AvgIpc) is 2.40. The molecular formula is C13H16O5. The van der Waals surface area contributed by atoms with Crippen molar-refractivity contribution < 1.29 is 24.1 Å². The first-order valence-electron chi connectivity index (χ1n) is 5.70. The van der Waals surface area contributed by atoms with Gasteiger partial charge in [-0.1, -0.05) is 12.1 Å². The van der Waals surface area contributed by atoms with Gasteiger partial charge in [-0.25, -0.2) is 4.79 Å². The first-order chi connectivity index (χ1) is 8.55. The predicted octanol–water partition coefficient (Wildman–Crippen LogP) is 1.41. The lowest BCUT2D eigenvalue weighted by atomic mass is 9.99. The highest BCUT2D eigenvalue weighted by molar-refractivity contribution is 5.77. The largest absolute Gasteiger partial charge is 0.508 e. The Morgan fingerprint density at radius 3 is 2.39 bits per heavy atom. The molecule has 2 rings (SSSR count). The quantitative estimate of drug-likeness (QED) is 0.806. The van der Waals surface area contributed by atoms with Crippen molar-refractivity contribution in [1.82, 2.24) is 0 Å². The molecule has 0 aliphatic carbocycles. The van der Waals surface area contributed by atoms with Crippen LogP contribution in [0, 0.1) is 0 Å². The van der Waals surface area contributed by atoms with Gasteiger partial charge in [0.15, 0.2) is 0 Å². The van der Waals surface area contributed by atoms with Crippen LogP contribution in [0.5, 0.6) is 5.75 Å². The van der Waals surface area contributed by atoms with Gasteiger partial charge in [0.2, 0.25) is 0 Å². The van der Waals surface area contributed by atoms with Crippen LogP contribution in [0.25, 0.3) is 0 Å². The van der Waals surface area contributed by atoms with Crippen LogP contribution >= 0.6 is 0 Å². The zero-order valence-corrected chi connectivity index (χ0v) is 10.4. The number of phenolic OH excluding ortho intramolecular Hbond substituents is 1. The monoisotopic (exact) mass is 252 g/mol. The first-order valence-corrected chi connectivity index (χ1v) is 5.70. The fourth-order valence-electron chi connectivity index (χ4n) is 1.85. The van der Waals surface area contributed by atoms with Gasteiger partial charge in [-0.05, 0) is 17.7 Å². The second-order valence-corrected chi connectivity index (χ2v) is 4.35. The minimum Gasteiger partial charge on any atom is -0.508 e. The molecule has 1 fully saturated rings. The third kappa shape index (κ3) is 2.47. The highest BCUT2D eigenvalue weighted by Crippen LogP contribution is 2.29. The minimum atomic E-state index is -1.32. The summed E-state index contributed by atoms with van der Waals surface area (Å²) in [5.74, 6) is -1.59. The Morgan fingerprint density at radius 2 is 1.89 bits per heavy atom. The van der Waals surface area contributed by atoms with E-state index in [0.717, 1.165) is 5.56 Å². The Balaban J connectivity index is 2.02. The van der Waals surface area contributed by atoms with Gasteiger partial charge < -0.3 is 19.3 Å². The number of ether oxygens (including phenoxy) is 3. The molecule has 0 atom stereocenters. The van der Waals surface area contributed by atoms with Crippen LogP contribution in [0.2, 0.25) is 0 Å². The Kier molecular flexibility index (Phi) is 3.54. The van der Waals surface area contributed by atoms with Gasteiger partial charge in [0.25, 0.3) is 5.79 Å². The maximum atomic E-state index is 11.5. The lowest BCUT2D eigenvalue weighted by Gasteiger charge is -2.35. The van der Waals surface area contributed by atoms with E-state index in [0.29, 0.717) is 13.2 Å². The van der Waals surface area contributed by atoms with E-state index in [2.05, 4.69) is 4.74 Å². The van der Waals surface area contributed by atoms with Gasteiger partial charge >= 0.3 is 5.97 Å². The maximum absolute atomic E-state index is 11.5. The molecule has 0 aromatic heterocycles. The molecule has 0 spiro atoms. The number of carbonyl (C=O) groups excluding carboxylic acids is 1. The number of methoxy groups -OCH3 is 1. The van der Waals surface area contributed by atoms with E-state index in [1.165, 1.54) is 7.11 Å². The number of carbonyl (C=O) groups is 1. The molecule has 98 valence electrons. The highest BCUT2D eigenvalue weighted by Gasteiger charge is 2.41. The molecule has 1 aliphatic heterocycles. The number of esters is 1. The molecule has 1 N–H and O–H groups in total. The molecule has 0 radical (unpaired) electrons. The number of rotatable bonds is 2. The first kappa shape index (κ1) is 12.9. The summed E-state index contributed by atoms with van der Waals surface area (Å²) < 4.78 is 15.5. The van der Waals surface area contributed by atoms with Gasteiger partial charge in [0.1, 0.15) is 5.75 Å². The average molecular weight is 252 g/mol. The van der Waals surface area contributed by atoms with Crippen LogP contribution in [0.4, 0.5) is 0 Å². The Morgan fingerprint density at radius 1 is 1.33 bits per heavy atom. The van der Waals surface area contributed by atoms with E-state index in [1.807, 2.05) is 12.1 Å². The van der Waals surface area contributed by atoms with Gasteiger partial charge in [-0.2, -0.15) is 0 Å². The Labute approximate surface area is 105 Å². The minimum absolute atomic E-state index is 0.0448. The molecule has 5 heteroatoms. The van der Waals surface area contributed by atoms with Crippen molar-refractivity contribution in [3.8, 4) is 5.75 Å². The van der Waals surface area contributed by atoms with Crippen LogP contribution in [-0.4, -0.2) is 37.2 Å². The van der Waals surface area contributed by atoms with Crippen molar-refractivity contribution in [1.29, 1.82) is 0 Å². The van der Waals surface area contributed by atoms with E-state index < -0.39 is 11.8 Å². The van der Waals surface area contributed by atoms with E-state index in [4.69, 9.17) is 9.47 Å². The van der Waals surface area contributed by atoms with Crippen LogP contribution in [0.15, 0.2) is 24.3 Å². The highest BCUT2D eigenvalue weighted by atomic mass is 16.7. The summed E-state index contributed by atoms with van der Waals surface area (Å²) in [5.41, 5.74) is 1.000. The van der Waals surface area contributed by atoms with E-state index in [1.54, 1.807) is 19.1 Å². The third-order valence-electron chi connectivity index (χ3n) is 3.04. The summed E-state index contributed by atoms with van der Waals surface area (Å²) in [7, 11) is 1.30. The molecular weight excluding hydrogens is 236 g/mol. The summed E-state index contributed by atoms with van der Waals surface area (Å²) in [5, 5.41) is 9.22. The fraction of sp³-hybridized carbons (Fsp3) is 0.462. The zero-order chi connectivity index (χ0) is 13.2. The number of hydrogen-bond acceptors (Lipinski definition) is 5. The summed E-state index contributed by atoms with van der Waals surface area (Å²) in [6.45, 7) is 2.29. The molecule has 0 saturated carbocycles. The lowest BCUT2D eigenvalue weighted by molar-refractivity contribution is -0.264. The summed E-state index contributed by atoms with van der Waals surface area (Å²) in [6.07, 6.45) is 0. The molecule has 1 aliphatic rings. The van der Waals surface area contributed by atoms with Crippen molar-refractivity contribution in [2.45, 2.75) is 18.6 Å². The molecule has 5 nitrogen and oxygen atoms in total. The topological polar surface area (TPSA) is 65.0 Å².